The lowest BCUT2D eigenvalue weighted by Crippen LogP contribution is -2.52. The van der Waals surface area contributed by atoms with Crippen LogP contribution in [0.3, 0.4) is 0 Å². The van der Waals surface area contributed by atoms with Gasteiger partial charge in [0.05, 0.1) is 13.1 Å². The van der Waals surface area contributed by atoms with Crippen molar-refractivity contribution in [1.82, 2.24) is 15.5 Å². The van der Waals surface area contributed by atoms with Crippen LogP contribution in [0.15, 0.2) is 59.6 Å². The molecular formula is C23H32IN5O. The van der Waals surface area contributed by atoms with E-state index in [0.717, 1.165) is 32.7 Å². The van der Waals surface area contributed by atoms with E-state index in [1.807, 2.05) is 30.0 Å². The smallest absolute Gasteiger partial charge is 0.242 e. The second kappa shape index (κ2) is 12.4. The molecule has 1 saturated heterocycles. The summed E-state index contributed by atoms with van der Waals surface area (Å²) < 4.78 is 0. The van der Waals surface area contributed by atoms with Crippen LogP contribution in [0.5, 0.6) is 0 Å². The predicted molar refractivity (Wildman–Crippen MR) is 135 cm³/mol. The van der Waals surface area contributed by atoms with Crippen molar-refractivity contribution in [2.75, 3.05) is 44.2 Å². The molecule has 0 aliphatic carbocycles. The second-order valence-electron chi connectivity index (χ2n) is 7.18. The van der Waals surface area contributed by atoms with Gasteiger partial charge in [0.1, 0.15) is 0 Å². The number of anilines is 1. The van der Waals surface area contributed by atoms with Gasteiger partial charge in [0.25, 0.3) is 0 Å². The maximum Gasteiger partial charge on any atom is 0.242 e. The van der Waals surface area contributed by atoms with E-state index in [4.69, 9.17) is 0 Å². The highest BCUT2D eigenvalue weighted by Crippen LogP contribution is 2.15. The Morgan fingerprint density at radius 2 is 1.63 bits per heavy atom. The van der Waals surface area contributed by atoms with Gasteiger partial charge in [-0.2, -0.15) is 0 Å². The third-order valence-corrected chi connectivity index (χ3v) is 5.17. The summed E-state index contributed by atoms with van der Waals surface area (Å²) in [6, 6.07) is 18.6. The first-order valence-electron chi connectivity index (χ1n) is 10.3. The fourth-order valence-electron chi connectivity index (χ4n) is 3.42. The number of carbonyl (C=O) groups is 1. The summed E-state index contributed by atoms with van der Waals surface area (Å²) in [5.74, 6) is 0.784. The number of carbonyl (C=O) groups excluding carboxylic acids is 1. The molecule has 0 atom stereocenters. The number of aryl methyl sites for hydroxylation is 1. The highest BCUT2D eigenvalue weighted by atomic mass is 127. The number of piperazine rings is 1. The van der Waals surface area contributed by atoms with Crippen molar-refractivity contribution in [2.45, 2.75) is 20.4 Å². The molecule has 0 saturated carbocycles. The minimum absolute atomic E-state index is 0. The largest absolute Gasteiger partial charge is 0.368 e. The molecule has 30 heavy (non-hydrogen) atoms. The third kappa shape index (κ3) is 6.90. The summed E-state index contributed by atoms with van der Waals surface area (Å²) in [5, 5.41) is 6.40. The zero-order valence-corrected chi connectivity index (χ0v) is 20.1. The first-order chi connectivity index (χ1) is 14.2. The number of guanidine groups is 1. The van der Waals surface area contributed by atoms with Crippen molar-refractivity contribution in [3.63, 3.8) is 0 Å². The number of aliphatic imine (C=N–C) groups is 1. The first-order valence-corrected chi connectivity index (χ1v) is 10.3. The average Bonchev–Trinajstić information content (AvgIpc) is 2.77. The molecule has 0 radical (unpaired) electrons. The molecule has 1 heterocycles. The summed E-state index contributed by atoms with van der Waals surface area (Å²) in [7, 11) is 0. The molecule has 0 bridgehead atoms. The van der Waals surface area contributed by atoms with Gasteiger partial charge in [0.2, 0.25) is 5.91 Å². The van der Waals surface area contributed by atoms with Crippen LogP contribution < -0.4 is 15.5 Å². The van der Waals surface area contributed by atoms with Gasteiger partial charge in [-0.05, 0) is 37.1 Å². The molecule has 0 spiro atoms. The van der Waals surface area contributed by atoms with Crippen LogP contribution in [0.2, 0.25) is 0 Å². The minimum atomic E-state index is 0. The van der Waals surface area contributed by atoms with Crippen molar-refractivity contribution >= 4 is 41.5 Å². The average molecular weight is 521 g/mol. The molecule has 1 aliphatic heterocycles. The van der Waals surface area contributed by atoms with Gasteiger partial charge in [-0.1, -0.05) is 42.5 Å². The maximum absolute atomic E-state index is 12.6. The van der Waals surface area contributed by atoms with Crippen LogP contribution in [0.4, 0.5) is 5.69 Å². The molecule has 162 valence electrons. The predicted octanol–water partition coefficient (Wildman–Crippen LogP) is 3.02. The molecule has 3 rings (SSSR count). The Hall–Kier alpha value is -2.29. The molecule has 7 heteroatoms. The number of nitrogens with one attached hydrogen (secondary N) is 2. The number of para-hydroxylation sites is 1. The minimum Gasteiger partial charge on any atom is -0.368 e. The third-order valence-electron chi connectivity index (χ3n) is 5.17. The lowest BCUT2D eigenvalue weighted by molar-refractivity contribution is -0.130. The summed E-state index contributed by atoms with van der Waals surface area (Å²) >= 11 is 0. The number of nitrogens with zero attached hydrogens (tertiary/aromatic N) is 3. The van der Waals surface area contributed by atoms with Crippen LogP contribution >= 0.6 is 24.0 Å². The zero-order valence-electron chi connectivity index (χ0n) is 17.8. The molecular weight excluding hydrogens is 489 g/mol. The van der Waals surface area contributed by atoms with Gasteiger partial charge >= 0.3 is 0 Å². The molecule has 2 aromatic carbocycles. The number of rotatable bonds is 6. The van der Waals surface area contributed by atoms with E-state index in [9.17, 15) is 4.79 Å². The summed E-state index contributed by atoms with van der Waals surface area (Å²) in [5.41, 5.74) is 3.63. The highest BCUT2D eigenvalue weighted by Gasteiger charge is 2.21. The van der Waals surface area contributed by atoms with Crippen LogP contribution in [-0.4, -0.2) is 56.0 Å². The number of hydrogen-bond acceptors (Lipinski definition) is 3. The van der Waals surface area contributed by atoms with Gasteiger partial charge in [0, 0.05) is 38.4 Å². The first kappa shape index (κ1) is 24.0. The Kier molecular flexibility index (Phi) is 9.93. The van der Waals surface area contributed by atoms with Crippen LogP contribution in [-0.2, 0) is 11.3 Å². The topological polar surface area (TPSA) is 60.0 Å². The number of halogens is 1. The van der Waals surface area contributed by atoms with Crippen LogP contribution in [0.1, 0.15) is 18.1 Å². The van der Waals surface area contributed by atoms with Gasteiger partial charge in [0.15, 0.2) is 5.96 Å². The molecule has 1 amide bonds. The van der Waals surface area contributed by atoms with Crippen molar-refractivity contribution in [1.29, 1.82) is 0 Å². The van der Waals surface area contributed by atoms with Crippen molar-refractivity contribution in [3.8, 4) is 0 Å². The molecule has 1 fully saturated rings. The molecule has 0 unspecified atom stereocenters. The Morgan fingerprint density at radius 1 is 0.967 bits per heavy atom. The quantitative estimate of drug-likeness (QED) is 0.349. The summed E-state index contributed by atoms with van der Waals surface area (Å²) in [4.78, 5) is 21.5. The monoisotopic (exact) mass is 521 g/mol. The SMILES string of the molecule is CCNC(=NCc1ccccc1C)NCC(=O)N1CCN(c2ccccc2)CC1.I. The maximum atomic E-state index is 12.6. The summed E-state index contributed by atoms with van der Waals surface area (Å²) in [6.07, 6.45) is 0. The number of hydrogen-bond donors (Lipinski definition) is 2. The Morgan fingerprint density at radius 3 is 2.30 bits per heavy atom. The Balaban J connectivity index is 0.00000320. The lowest BCUT2D eigenvalue weighted by Gasteiger charge is -2.36. The Bertz CT molecular complexity index is 819. The fourth-order valence-corrected chi connectivity index (χ4v) is 3.42. The van der Waals surface area contributed by atoms with Crippen molar-refractivity contribution < 1.29 is 4.79 Å². The van der Waals surface area contributed by atoms with Gasteiger partial charge in [-0.3, -0.25) is 4.79 Å². The molecule has 0 aromatic heterocycles. The van der Waals surface area contributed by atoms with E-state index < -0.39 is 0 Å². The van der Waals surface area contributed by atoms with E-state index in [2.05, 4.69) is 63.8 Å². The van der Waals surface area contributed by atoms with E-state index in [1.54, 1.807) is 0 Å². The van der Waals surface area contributed by atoms with E-state index in [-0.39, 0.29) is 36.4 Å². The van der Waals surface area contributed by atoms with E-state index in [1.165, 1.54) is 16.8 Å². The lowest BCUT2D eigenvalue weighted by atomic mass is 10.1. The highest BCUT2D eigenvalue weighted by molar-refractivity contribution is 14.0. The second-order valence-corrected chi connectivity index (χ2v) is 7.18. The van der Waals surface area contributed by atoms with E-state index in [0.29, 0.717) is 12.5 Å². The van der Waals surface area contributed by atoms with Crippen LogP contribution in [0.25, 0.3) is 0 Å². The molecule has 1 aliphatic rings. The van der Waals surface area contributed by atoms with Gasteiger partial charge in [-0.25, -0.2) is 4.99 Å². The standard InChI is InChI=1S/C23H31N5O.HI/c1-3-24-23(25-17-20-10-8-7-9-19(20)2)26-18-22(29)28-15-13-27(14-16-28)21-11-5-4-6-12-21;/h4-12H,3,13-18H2,1-2H3,(H2,24,25,26);1H. The number of amides is 1. The van der Waals surface area contributed by atoms with Crippen LogP contribution in [0, 0.1) is 6.92 Å². The van der Waals surface area contributed by atoms with Gasteiger partial charge in [-0.15, -0.1) is 24.0 Å². The molecule has 2 aromatic rings. The number of benzene rings is 2. The summed E-state index contributed by atoms with van der Waals surface area (Å²) in [6.45, 7) is 8.91. The molecule has 2 N–H and O–H groups in total. The zero-order chi connectivity index (χ0) is 20.5. The normalized spacial score (nSPS) is 14.1. The van der Waals surface area contributed by atoms with Crippen molar-refractivity contribution in [3.05, 3.63) is 65.7 Å². The van der Waals surface area contributed by atoms with E-state index >= 15 is 0 Å². The molecule has 6 nitrogen and oxygen atoms in total. The van der Waals surface area contributed by atoms with Gasteiger partial charge < -0.3 is 20.4 Å². The van der Waals surface area contributed by atoms with Crippen molar-refractivity contribution in [2.24, 2.45) is 4.99 Å². The fraction of sp³-hybridized carbons (Fsp3) is 0.391. The Labute approximate surface area is 196 Å².